The molecule has 1 fully saturated rings. The van der Waals surface area contributed by atoms with Crippen molar-refractivity contribution in [3.8, 4) is 0 Å². The predicted octanol–water partition coefficient (Wildman–Crippen LogP) is 2.87. The lowest BCUT2D eigenvalue weighted by molar-refractivity contribution is 0.0938. The molecule has 0 spiro atoms. The van der Waals surface area contributed by atoms with Gasteiger partial charge in [0.25, 0.3) is 5.91 Å². The summed E-state index contributed by atoms with van der Waals surface area (Å²) in [5, 5.41) is 4.90. The summed E-state index contributed by atoms with van der Waals surface area (Å²) in [6.07, 6.45) is 4.37. The van der Waals surface area contributed by atoms with Gasteiger partial charge in [-0.1, -0.05) is 12.5 Å². The number of amides is 1. The van der Waals surface area contributed by atoms with Crippen LogP contribution in [0.1, 0.15) is 41.4 Å². The van der Waals surface area contributed by atoms with Gasteiger partial charge in [-0.3, -0.25) is 9.69 Å². The normalized spacial score (nSPS) is 17.9. The van der Waals surface area contributed by atoms with Crippen molar-refractivity contribution in [1.82, 2.24) is 14.9 Å². The van der Waals surface area contributed by atoms with Gasteiger partial charge in [0.1, 0.15) is 0 Å². The van der Waals surface area contributed by atoms with Gasteiger partial charge in [0.05, 0.1) is 4.90 Å². The molecule has 1 aliphatic heterocycles. The number of sulfonamides is 1. The molecule has 1 amide bonds. The molecular formula is C21H29N3O3S2. The topological polar surface area (TPSA) is 78.5 Å². The average Bonchev–Trinajstić information content (AvgIpc) is 3.23. The van der Waals surface area contributed by atoms with Gasteiger partial charge in [-0.15, -0.1) is 11.3 Å². The molecule has 158 valence electrons. The number of rotatable bonds is 9. The van der Waals surface area contributed by atoms with Crippen LogP contribution in [0.15, 0.2) is 46.7 Å². The molecule has 29 heavy (non-hydrogen) atoms. The van der Waals surface area contributed by atoms with E-state index in [2.05, 4.69) is 21.9 Å². The fourth-order valence-corrected chi connectivity index (χ4v) is 5.28. The summed E-state index contributed by atoms with van der Waals surface area (Å²) in [6, 6.07) is 10.6. The number of hydrogen-bond acceptors (Lipinski definition) is 5. The van der Waals surface area contributed by atoms with Crippen LogP contribution in [-0.2, 0) is 16.4 Å². The Balaban J connectivity index is 1.47. The van der Waals surface area contributed by atoms with E-state index < -0.39 is 10.0 Å². The van der Waals surface area contributed by atoms with E-state index in [-0.39, 0.29) is 10.8 Å². The molecule has 3 rings (SSSR count). The lowest BCUT2D eigenvalue weighted by atomic mass is 10.0. The number of benzene rings is 1. The van der Waals surface area contributed by atoms with Crippen LogP contribution in [0.2, 0.25) is 0 Å². The molecule has 1 saturated heterocycles. The summed E-state index contributed by atoms with van der Waals surface area (Å²) in [7, 11) is -3.58. The highest BCUT2D eigenvalue weighted by atomic mass is 32.2. The Morgan fingerprint density at radius 2 is 1.97 bits per heavy atom. The molecule has 2 N–H and O–H groups in total. The van der Waals surface area contributed by atoms with Gasteiger partial charge in [0.15, 0.2) is 0 Å². The maximum Gasteiger partial charge on any atom is 0.251 e. The number of carbonyl (C=O) groups excluding carboxylic acids is 1. The van der Waals surface area contributed by atoms with Crippen molar-refractivity contribution < 1.29 is 13.2 Å². The van der Waals surface area contributed by atoms with Crippen molar-refractivity contribution in [1.29, 1.82) is 0 Å². The number of hydrogen-bond donors (Lipinski definition) is 2. The Morgan fingerprint density at radius 3 is 2.66 bits per heavy atom. The van der Waals surface area contributed by atoms with Crippen molar-refractivity contribution in [2.24, 2.45) is 0 Å². The predicted molar refractivity (Wildman–Crippen MR) is 117 cm³/mol. The van der Waals surface area contributed by atoms with Gasteiger partial charge in [-0.2, -0.15) is 0 Å². The quantitative estimate of drug-likeness (QED) is 0.635. The van der Waals surface area contributed by atoms with Gasteiger partial charge in [-0.05, 0) is 68.4 Å². The monoisotopic (exact) mass is 435 g/mol. The zero-order valence-corrected chi connectivity index (χ0v) is 18.4. The molecule has 2 aromatic rings. The fourth-order valence-electron chi connectivity index (χ4n) is 3.54. The summed E-state index contributed by atoms with van der Waals surface area (Å²) in [4.78, 5) is 16.0. The van der Waals surface area contributed by atoms with Crippen LogP contribution >= 0.6 is 11.3 Å². The summed E-state index contributed by atoms with van der Waals surface area (Å²) < 4.78 is 27.4. The second kappa shape index (κ2) is 10.3. The molecule has 1 aromatic heterocycles. The molecule has 0 bridgehead atoms. The largest absolute Gasteiger partial charge is 0.351 e. The molecule has 6 nitrogen and oxygen atoms in total. The highest BCUT2D eigenvalue weighted by molar-refractivity contribution is 7.89. The number of piperidine rings is 1. The number of thiophene rings is 1. The maximum atomic E-state index is 12.4. The number of likely N-dealkylation sites (tertiary alicyclic amines) is 1. The van der Waals surface area contributed by atoms with E-state index in [9.17, 15) is 13.2 Å². The SMILES string of the molecule is CC1CCCCN1CCNC(=O)c1ccc(S(=O)(=O)NCCc2cccs2)cc1. The van der Waals surface area contributed by atoms with Gasteiger partial charge in [0.2, 0.25) is 10.0 Å². The van der Waals surface area contributed by atoms with Crippen LogP contribution in [0.3, 0.4) is 0 Å². The molecule has 8 heteroatoms. The van der Waals surface area contributed by atoms with Crippen LogP contribution in [-0.4, -0.2) is 51.4 Å². The first-order valence-electron chi connectivity index (χ1n) is 10.1. The Hall–Kier alpha value is -1.74. The Morgan fingerprint density at radius 1 is 1.17 bits per heavy atom. The molecule has 0 radical (unpaired) electrons. The molecule has 0 aliphatic carbocycles. The first-order chi connectivity index (χ1) is 14.0. The molecule has 1 aromatic carbocycles. The third-order valence-corrected chi connectivity index (χ3v) is 7.71. The van der Waals surface area contributed by atoms with E-state index >= 15 is 0 Å². The van der Waals surface area contributed by atoms with Crippen LogP contribution in [0.25, 0.3) is 0 Å². The number of nitrogens with one attached hydrogen (secondary N) is 2. The Kier molecular flexibility index (Phi) is 7.83. The van der Waals surface area contributed by atoms with Crippen molar-refractivity contribution in [3.05, 3.63) is 52.2 Å². The second-order valence-electron chi connectivity index (χ2n) is 7.39. The highest BCUT2D eigenvalue weighted by Gasteiger charge is 2.18. The highest BCUT2D eigenvalue weighted by Crippen LogP contribution is 2.15. The smallest absolute Gasteiger partial charge is 0.251 e. The average molecular weight is 436 g/mol. The standard InChI is InChI=1S/C21H29N3O3S2/c1-17-5-2-3-14-24(17)15-13-22-21(25)18-7-9-20(10-8-18)29(26,27)23-12-11-19-6-4-16-28-19/h4,6-10,16-17,23H,2-3,5,11-15H2,1H3,(H,22,25). The molecule has 1 unspecified atom stereocenters. The zero-order valence-electron chi connectivity index (χ0n) is 16.8. The van der Waals surface area contributed by atoms with Crippen LogP contribution in [0.5, 0.6) is 0 Å². The third-order valence-electron chi connectivity index (χ3n) is 5.30. The Labute approximate surface area is 177 Å². The summed E-state index contributed by atoms with van der Waals surface area (Å²) in [6.45, 7) is 5.10. The summed E-state index contributed by atoms with van der Waals surface area (Å²) >= 11 is 1.61. The Bertz CT molecular complexity index is 880. The van der Waals surface area contributed by atoms with Crippen LogP contribution in [0.4, 0.5) is 0 Å². The van der Waals surface area contributed by atoms with E-state index in [1.807, 2.05) is 17.5 Å². The number of carbonyl (C=O) groups is 1. The second-order valence-corrected chi connectivity index (χ2v) is 10.2. The van der Waals surface area contributed by atoms with E-state index in [0.29, 0.717) is 31.1 Å². The molecular weight excluding hydrogens is 406 g/mol. The van der Waals surface area contributed by atoms with Crippen molar-refractivity contribution in [3.63, 3.8) is 0 Å². The first-order valence-corrected chi connectivity index (χ1v) is 12.5. The fraction of sp³-hybridized carbons (Fsp3) is 0.476. The van der Waals surface area contributed by atoms with Gasteiger partial charge in [0, 0.05) is 36.1 Å². The molecule has 2 heterocycles. The van der Waals surface area contributed by atoms with Crippen molar-refractivity contribution in [2.45, 2.75) is 43.5 Å². The minimum atomic E-state index is -3.58. The van der Waals surface area contributed by atoms with E-state index in [4.69, 9.17) is 0 Å². The lowest BCUT2D eigenvalue weighted by Crippen LogP contribution is -2.42. The minimum Gasteiger partial charge on any atom is -0.351 e. The lowest BCUT2D eigenvalue weighted by Gasteiger charge is -2.33. The van der Waals surface area contributed by atoms with E-state index in [1.165, 1.54) is 31.4 Å². The summed E-state index contributed by atoms with van der Waals surface area (Å²) in [5.74, 6) is -0.177. The van der Waals surface area contributed by atoms with Gasteiger partial charge < -0.3 is 5.32 Å². The zero-order chi connectivity index (χ0) is 20.7. The van der Waals surface area contributed by atoms with Crippen molar-refractivity contribution in [2.75, 3.05) is 26.2 Å². The van der Waals surface area contributed by atoms with Gasteiger partial charge in [-0.25, -0.2) is 13.1 Å². The van der Waals surface area contributed by atoms with E-state index in [0.717, 1.165) is 18.0 Å². The maximum absolute atomic E-state index is 12.4. The third kappa shape index (κ3) is 6.37. The minimum absolute atomic E-state index is 0.169. The number of nitrogens with zero attached hydrogens (tertiary/aromatic N) is 1. The molecule has 1 aliphatic rings. The van der Waals surface area contributed by atoms with Crippen LogP contribution in [0, 0.1) is 0 Å². The van der Waals surface area contributed by atoms with Gasteiger partial charge >= 0.3 is 0 Å². The van der Waals surface area contributed by atoms with Crippen molar-refractivity contribution >= 4 is 27.3 Å². The van der Waals surface area contributed by atoms with E-state index in [1.54, 1.807) is 23.5 Å². The molecule has 1 atom stereocenters. The summed E-state index contributed by atoms with van der Waals surface area (Å²) in [5.41, 5.74) is 0.467. The first kappa shape index (κ1) is 22.0. The van der Waals surface area contributed by atoms with Crippen LogP contribution < -0.4 is 10.0 Å². The molecule has 0 saturated carbocycles.